The number of amides is 1. The molecule has 2 aromatic carbocycles. The minimum absolute atomic E-state index is 0.00432. The van der Waals surface area contributed by atoms with Crippen LogP contribution in [0.3, 0.4) is 0 Å². The molecule has 0 saturated carbocycles. The number of rotatable bonds is 8. The van der Waals surface area contributed by atoms with E-state index in [0.717, 1.165) is 5.56 Å². The third-order valence-corrected chi connectivity index (χ3v) is 4.05. The zero-order chi connectivity index (χ0) is 19.8. The Morgan fingerprint density at radius 3 is 2.56 bits per heavy atom. The quantitative estimate of drug-likeness (QED) is 0.659. The molecule has 0 spiro atoms. The fourth-order valence-corrected chi connectivity index (χ4v) is 2.52. The van der Waals surface area contributed by atoms with E-state index in [1.807, 2.05) is 13.0 Å². The van der Waals surface area contributed by atoms with Gasteiger partial charge in [-0.15, -0.1) is 0 Å². The van der Waals surface area contributed by atoms with Gasteiger partial charge >= 0.3 is 0 Å². The zero-order valence-electron chi connectivity index (χ0n) is 15.7. The van der Waals surface area contributed by atoms with Crippen molar-refractivity contribution in [3.8, 4) is 17.6 Å². The number of nitrogens with one attached hydrogen (secondary N) is 2. The molecule has 27 heavy (non-hydrogen) atoms. The van der Waals surface area contributed by atoms with Gasteiger partial charge in [-0.25, -0.2) is 0 Å². The van der Waals surface area contributed by atoms with Crippen LogP contribution in [0.5, 0.6) is 11.5 Å². The summed E-state index contributed by atoms with van der Waals surface area (Å²) in [5, 5.41) is 15.2. The van der Waals surface area contributed by atoms with E-state index in [9.17, 15) is 4.79 Å². The van der Waals surface area contributed by atoms with Crippen LogP contribution in [-0.4, -0.2) is 32.7 Å². The van der Waals surface area contributed by atoms with Crippen LogP contribution < -0.4 is 25.8 Å². The minimum Gasteiger partial charge on any atom is -0.493 e. The van der Waals surface area contributed by atoms with E-state index >= 15 is 0 Å². The molecule has 7 nitrogen and oxygen atoms in total. The van der Waals surface area contributed by atoms with E-state index in [-0.39, 0.29) is 11.9 Å². The molecule has 0 aromatic heterocycles. The van der Waals surface area contributed by atoms with Gasteiger partial charge in [-0.1, -0.05) is 6.07 Å². The third-order valence-electron chi connectivity index (χ3n) is 4.05. The normalized spacial score (nSPS) is 11.2. The van der Waals surface area contributed by atoms with Crippen molar-refractivity contribution in [2.75, 3.05) is 26.1 Å². The largest absolute Gasteiger partial charge is 0.493 e. The lowest BCUT2D eigenvalue weighted by Gasteiger charge is -2.17. The van der Waals surface area contributed by atoms with Crippen LogP contribution in [0.1, 0.15) is 28.4 Å². The Morgan fingerprint density at radius 2 is 1.93 bits per heavy atom. The third kappa shape index (κ3) is 5.12. The summed E-state index contributed by atoms with van der Waals surface area (Å²) in [6.07, 6.45) is 0. The molecule has 2 rings (SSSR count). The summed E-state index contributed by atoms with van der Waals surface area (Å²) in [4.78, 5) is 12.7. The average Bonchev–Trinajstić information content (AvgIpc) is 2.71. The van der Waals surface area contributed by atoms with E-state index in [4.69, 9.17) is 20.5 Å². The van der Waals surface area contributed by atoms with Crippen molar-refractivity contribution in [1.82, 2.24) is 5.32 Å². The molecule has 0 aliphatic rings. The second-order valence-corrected chi connectivity index (χ2v) is 6.03. The highest BCUT2D eigenvalue weighted by molar-refractivity contribution is 6.00. The molecule has 1 amide bonds. The van der Waals surface area contributed by atoms with Gasteiger partial charge < -0.3 is 25.8 Å². The predicted octanol–water partition coefficient (Wildman–Crippen LogP) is 2.26. The van der Waals surface area contributed by atoms with E-state index < -0.39 is 0 Å². The molecular weight excluding hydrogens is 344 g/mol. The Kier molecular flexibility index (Phi) is 7.03. The lowest BCUT2D eigenvalue weighted by Crippen LogP contribution is -2.28. The van der Waals surface area contributed by atoms with Gasteiger partial charge in [0.05, 0.1) is 31.4 Å². The molecule has 2 aromatic rings. The first-order valence-electron chi connectivity index (χ1n) is 8.52. The number of methoxy groups -OCH3 is 2. The van der Waals surface area contributed by atoms with Gasteiger partial charge in [0.2, 0.25) is 0 Å². The summed E-state index contributed by atoms with van der Waals surface area (Å²) in [6.45, 7) is 2.65. The molecule has 0 aliphatic heterocycles. The standard InChI is InChI=1S/C20H24N4O3/c1-13(10-21)24-17-6-4-14(11-22)8-16(17)20(25)23-12-15-5-7-18(26-2)19(9-15)27-3/h4-9,13,24H,10,12,21H2,1-3H3,(H,23,25). The molecule has 1 unspecified atom stereocenters. The highest BCUT2D eigenvalue weighted by Crippen LogP contribution is 2.27. The van der Waals surface area contributed by atoms with Gasteiger partial charge in [0.25, 0.3) is 5.91 Å². The molecule has 0 bridgehead atoms. The molecule has 0 heterocycles. The number of carbonyl (C=O) groups excluding carboxylic acids is 1. The monoisotopic (exact) mass is 368 g/mol. The summed E-state index contributed by atoms with van der Waals surface area (Å²) < 4.78 is 10.5. The maximum Gasteiger partial charge on any atom is 0.253 e. The molecule has 142 valence electrons. The van der Waals surface area contributed by atoms with Crippen molar-refractivity contribution < 1.29 is 14.3 Å². The second kappa shape index (κ2) is 9.46. The topological polar surface area (TPSA) is 109 Å². The summed E-state index contributed by atoms with van der Waals surface area (Å²) >= 11 is 0. The number of anilines is 1. The Balaban J connectivity index is 2.18. The molecule has 1 atom stereocenters. The first-order valence-corrected chi connectivity index (χ1v) is 8.52. The Labute approximate surface area is 159 Å². The maximum absolute atomic E-state index is 12.7. The van der Waals surface area contributed by atoms with Crippen LogP contribution in [0.4, 0.5) is 5.69 Å². The number of benzene rings is 2. The van der Waals surface area contributed by atoms with Gasteiger partial charge in [-0.2, -0.15) is 5.26 Å². The number of nitriles is 1. The smallest absolute Gasteiger partial charge is 0.253 e. The highest BCUT2D eigenvalue weighted by atomic mass is 16.5. The van der Waals surface area contributed by atoms with E-state index in [1.165, 1.54) is 0 Å². The fraction of sp³-hybridized carbons (Fsp3) is 0.300. The lowest BCUT2D eigenvalue weighted by molar-refractivity contribution is 0.0951. The average molecular weight is 368 g/mol. The van der Waals surface area contributed by atoms with E-state index in [1.54, 1.807) is 44.6 Å². The van der Waals surface area contributed by atoms with Gasteiger partial charge in [-0.05, 0) is 42.8 Å². The predicted molar refractivity (Wildman–Crippen MR) is 104 cm³/mol. The van der Waals surface area contributed by atoms with E-state index in [2.05, 4.69) is 16.7 Å². The van der Waals surface area contributed by atoms with Crippen molar-refractivity contribution in [2.24, 2.45) is 5.73 Å². The molecule has 0 radical (unpaired) electrons. The Bertz CT molecular complexity index is 846. The molecule has 0 fully saturated rings. The molecule has 7 heteroatoms. The van der Waals surface area contributed by atoms with Gasteiger partial charge in [0.15, 0.2) is 11.5 Å². The maximum atomic E-state index is 12.7. The van der Waals surface area contributed by atoms with Gasteiger partial charge in [0, 0.05) is 24.8 Å². The number of carbonyl (C=O) groups is 1. The Hall–Kier alpha value is -3.24. The number of hydrogen-bond acceptors (Lipinski definition) is 6. The van der Waals surface area contributed by atoms with Crippen molar-refractivity contribution in [3.05, 3.63) is 53.1 Å². The molecule has 4 N–H and O–H groups in total. The summed E-state index contributed by atoms with van der Waals surface area (Å²) in [5.74, 6) is 0.931. The van der Waals surface area contributed by atoms with E-state index in [0.29, 0.717) is 41.4 Å². The SMILES string of the molecule is COc1ccc(CNC(=O)c2cc(C#N)ccc2NC(C)CN)cc1OC. The van der Waals surface area contributed by atoms with Crippen molar-refractivity contribution in [2.45, 2.75) is 19.5 Å². The summed E-state index contributed by atoms with van der Waals surface area (Å²) in [5.41, 5.74) is 7.96. The first-order chi connectivity index (χ1) is 13.0. The minimum atomic E-state index is -0.284. The van der Waals surface area contributed by atoms with Crippen LogP contribution >= 0.6 is 0 Å². The van der Waals surface area contributed by atoms with Crippen LogP contribution in [0.15, 0.2) is 36.4 Å². The molecular formula is C20H24N4O3. The lowest BCUT2D eigenvalue weighted by atomic mass is 10.1. The van der Waals surface area contributed by atoms with Crippen LogP contribution in [0, 0.1) is 11.3 Å². The second-order valence-electron chi connectivity index (χ2n) is 6.03. The molecule has 0 saturated heterocycles. The fourth-order valence-electron chi connectivity index (χ4n) is 2.52. The number of hydrogen-bond donors (Lipinski definition) is 3. The first kappa shape index (κ1) is 20.1. The van der Waals surface area contributed by atoms with Crippen molar-refractivity contribution in [3.63, 3.8) is 0 Å². The highest BCUT2D eigenvalue weighted by Gasteiger charge is 2.14. The Morgan fingerprint density at radius 1 is 1.19 bits per heavy atom. The number of nitrogens with zero attached hydrogens (tertiary/aromatic N) is 1. The summed E-state index contributed by atoms with van der Waals surface area (Å²) in [6, 6.07) is 12.4. The van der Waals surface area contributed by atoms with Crippen LogP contribution in [-0.2, 0) is 6.54 Å². The van der Waals surface area contributed by atoms with Crippen molar-refractivity contribution in [1.29, 1.82) is 5.26 Å². The van der Waals surface area contributed by atoms with Crippen LogP contribution in [0.25, 0.3) is 0 Å². The van der Waals surface area contributed by atoms with Gasteiger partial charge in [0.1, 0.15) is 0 Å². The van der Waals surface area contributed by atoms with Crippen LogP contribution in [0.2, 0.25) is 0 Å². The number of ether oxygens (including phenoxy) is 2. The van der Waals surface area contributed by atoms with Crippen molar-refractivity contribution >= 4 is 11.6 Å². The number of nitrogens with two attached hydrogens (primary N) is 1. The van der Waals surface area contributed by atoms with Gasteiger partial charge in [-0.3, -0.25) is 4.79 Å². The zero-order valence-corrected chi connectivity index (χ0v) is 15.7. The summed E-state index contributed by atoms with van der Waals surface area (Å²) in [7, 11) is 3.13. The molecule has 0 aliphatic carbocycles.